The highest BCUT2D eigenvalue weighted by Crippen LogP contribution is 2.30. The molecule has 21 heavy (non-hydrogen) atoms. The minimum absolute atomic E-state index is 0.123. The molecule has 1 aromatic carbocycles. The molecule has 1 aliphatic rings. The number of benzene rings is 1. The van der Waals surface area contributed by atoms with Crippen molar-refractivity contribution in [3.05, 3.63) is 40.2 Å². The first-order valence-electron chi connectivity index (χ1n) is 6.88. The van der Waals surface area contributed by atoms with Crippen LogP contribution >= 0.6 is 0 Å². The lowest BCUT2D eigenvalue weighted by Crippen LogP contribution is -2.24. The van der Waals surface area contributed by atoms with Crippen molar-refractivity contribution in [1.82, 2.24) is 10.2 Å². The Labute approximate surface area is 121 Å². The average molecular weight is 284 g/mol. The predicted molar refractivity (Wildman–Crippen MR) is 81.4 cm³/mol. The van der Waals surface area contributed by atoms with E-state index >= 15 is 0 Å². The summed E-state index contributed by atoms with van der Waals surface area (Å²) in [6, 6.07) is 7.42. The monoisotopic (exact) mass is 284 g/mol. The number of nitrogens with one attached hydrogen (secondary N) is 3. The summed E-state index contributed by atoms with van der Waals surface area (Å²) in [5.74, 6) is -0.123. The van der Waals surface area contributed by atoms with E-state index in [0.717, 1.165) is 36.2 Å². The molecule has 0 atom stereocenters. The SMILES string of the molecule is CC(=O)Nc1cccc(-c2n[nH]c(=O)c3c2NCCC3)c1. The van der Waals surface area contributed by atoms with Crippen LogP contribution in [-0.4, -0.2) is 22.6 Å². The number of fused-ring (bicyclic) bond motifs is 1. The highest BCUT2D eigenvalue weighted by Gasteiger charge is 2.18. The molecule has 0 unspecified atom stereocenters. The number of amides is 1. The molecule has 0 fully saturated rings. The Morgan fingerprint density at radius 2 is 2.24 bits per heavy atom. The number of carbonyl (C=O) groups is 1. The van der Waals surface area contributed by atoms with Gasteiger partial charge in [-0.2, -0.15) is 5.10 Å². The fourth-order valence-electron chi connectivity index (χ4n) is 2.55. The maximum atomic E-state index is 11.8. The third-order valence-corrected chi connectivity index (χ3v) is 3.44. The van der Waals surface area contributed by atoms with Gasteiger partial charge in [-0.05, 0) is 25.0 Å². The summed E-state index contributed by atoms with van der Waals surface area (Å²) in [6.07, 6.45) is 1.68. The first kappa shape index (κ1) is 13.4. The first-order chi connectivity index (χ1) is 10.1. The summed E-state index contributed by atoms with van der Waals surface area (Å²) >= 11 is 0. The van der Waals surface area contributed by atoms with Crippen LogP contribution in [0.15, 0.2) is 29.1 Å². The fraction of sp³-hybridized carbons (Fsp3) is 0.267. The van der Waals surface area contributed by atoms with Gasteiger partial charge in [-0.1, -0.05) is 12.1 Å². The zero-order valence-corrected chi connectivity index (χ0v) is 11.7. The van der Waals surface area contributed by atoms with Crippen molar-refractivity contribution in [2.75, 3.05) is 17.2 Å². The molecule has 0 radical (unpaired) electrons. The Balaban J connectivity index is 2.08. The van der Waals surface area contributed by atoms with E-state index in [1.54, 1.807) is 0 Å². The van der Waals surface area contributed by atoms with Gasteiger partial charge < -0.3 is 10.6 Å². The zero-order valence-electron chi connectivity index (χ0n) is 11.7. The van der Waals surface area contributed by atoms with Crippen LogP contribution in [0, 0.1) is 0 Å². The van der Waals surface area contributed by atoms with Crippen molar-refractivity contribution < 1.29 is 4.79 Å². The molecule has 1 amide bonds. The molecule has 0 spiro atoms. The van der Waals surface area contributed by atoms with Crippen molar-refractivity contribution in [3.8, 4) is 11.3 Å². The maximum absolute atomic E-state index is 11.8. The van der Waals surface area contributed by atoms with Gasteiger partial charge in [0.15, 0.2) is 0 Å². The molecule has 3 rings (SSSR count). The molecule has 108 valence electrons. The van der Waals surface area contributed by atoms with Gasteiger partial charge in [0, 0.05) is 30.3 Å². The van der Waals surface area contributed by atoms with Gasteiger partial charge in [0.1, 0.15) is 5.69 Å². The van der Waals surface area contributed by atoms with Crippen molar-refractivity contribution in [1.29, 1.82) is 0 Å². The van der Waals surface area contributed by atoms with Crippen LogP contribution in [0.4, 0.5) is 11.4 Å². The van der Waals surface area contributed by atoms with E-state index in [1.807, 2.05) is 24.3 Å². The van der Waals surface area contributed by atoms with Gasteiger partial charge in [-0.15, -0.1) is 0 Å². The van der Waals surface area contributed by atoms with Gasteiger partial charge in [-0.25, -0.2) is 5.10 Å². The lowest BCUT2D eigenvalue weighted by atomic mass is 10.0. The van der Waals surface area contributed by atoms with Crippen LogP contribution in [0.5, 0.6) is 0 Å². The van der Waals surface area contributed by atoms with Crippen molar-refractivity contribution in [2.45, 2.75) is 19.8 Å². The number of hydrogen-bond acceptors (Lipinski definition) is 4. The summed E-state index contributed by atoms with van der Waals surface area (Å²) < 4.78 is 0. The molecule has 1 aromatic heterocycles. The molecule has 0 saturated heterocycles. The third-order valence-electron chi connectivity index (χ3n) is 3.44. The van der Waals surface area contributed by atoms with E-state index in [9.17, 15) is 9.59 Å². The van der Waals surface area contributed by atoms with Crippen LogP contribution in [0.1, 0.15) is 18.9 Å². The molecule has 0 bridgehead atoms. The summed E-state index contributed by atoms with van der Waals surface area (Å²) in [6.45, 7) is 2.30. The van der Waals surface area contributed by atoms with Gasteiger partial charge in [-0.3, -0.25) is 9.59 Å². The maximum Gasteiger partial charge on any atom is 0.269 e. The molecule has 0 aliphatic carbocycles. The number of anilines is 2. The van der Waals surface area contributed by atoms with Crippen LogP contribution < -0.4 is 16.2 Å². The predicted octanol–water partition coefficient (Wildman–Crippen LogP) is 1.75. The second-order valence-electron chi connectivity index (χ2n) is 5.05. The Morgan fingerprint density at radius 1 is 1.38 bits per heavy atom. The first-order valence-corrected chi connectivity index (χ1v) is 6.88. The van der Waals surface area contributed by atoms with Crippen molar-refractivity contribution in [2.24, 2.45) is 0 Å². The minimum atomic E-state index is -0.140. The van der Waals surface area contributed by atoms with Crippen LogP contribution in [0.25, 0.3) is 11.3 Å². The second kappa shape index (κ2) is 5.40. The van der Waals surface area contributed by atoms with Gasteiger partial charge >= 0.3 is 0 Å². The summed E-state index contributed by atoms with van der Waals surface area (Å²) in [7, 11) is 0. The van der Waals surface area contributed by atoms with Gasteiger partial charge in [0.05, 0.1) is 5.69 Å². The van der Waals surface area contributed by atoms with Crippen LogP contribution in [-0.2, 0) is 11.2 Å². The van der Waals surface area contributed by atoms with E-state index < -0.39 is 0 Å². The van der Waals surface area contributed by atoms with E-state index in [4.69, 9.17) is 0 Å². The second-order valence-corrected chi connectivity index (χ2v) is 5.05. The molecule has 2 heterocycles. The summed E-state index contributed by atoms with van der Waals surface area (Å²) in [5.41, 5.74) is 3.66. The number of rotatable bonds is 2. The van der Waals surface area contributed by atoms with Crippen LogP contribution in [0.3, 0.4) is 0 Å². The molecular formula is C15H16N4O2. The number of H-pyrrole nitrogens is 1. The summed E-state index contributed by atoms with van der Waals surface area (Å²) in [4.78, 5) is 23.0. The number of aromatic amines is 1. The number of hydrogen-bond donors (Lipinski definition) is 3. The quantitative estimate of drug-likeness (QED) is 0.784. The lowest BCUT2D eigenvalue weighted by molar-refractivity contribution is -0.114. The van der Waals surface area contributed by atoms with E-state index in [-0.39, 0.29) is 11.5 Å². The standard InChI is InChI=1S/C15H16N4O2/c1-9(20)17-11-5-2-4-10(8-11)13-14-12(6-3-7-16-14)15(21)19-18-13/h2,4-5,8,16H,3,6-7H2,1H3,(H,17,20)(H,19,21). The Bertz CT molecular complexity index is 752. The van der Waals surface area contributed by atoms with E-state index in [2.05, 4.69) is 20.8 Å². The topological polar surface area (TPSA) is 86.9 Å². The Morgan fingerprint density at radius 3 is 3.05 bits per heavy atom. The Kier molecular flexibility index (Phi) is 3.43. The fourth-order valence-corrected chi connectivity index (χ4v) is 2.55. The largest absolute Gasteiger partial charge is 0.383 e. The van der Waals surface area contributed by atoms with Gasteiger partial charge in [0.2, 0.25) is 5.91 Å². The molecule has 6 nitrogen and oxygen atoms in total. The van der Waals surface area contributed by atoms with E-state index in [0.29, 0.717) is 11.4 Å². The normalized spacial score (nSPS) is 13.2. The van der Waals surface area contributed by atoms with E-state index in [1.165, 1.54) is 6.92 Å². The molecule has 3 N–H and O–H groups in total. The van der Waals surface area contributed by atoms with Crippen molar-refractivity contribution in [3.63, 3.8) is 0 Å². The molecule has 6 heteroatoms. The minimum Gasteiger partial charge on any atom is -0.383 e. The number of aromatic nitrogens is 2. The van der Waals surface area contributed by atoms with Crippen molar-refractivity contribution >= 4 is 17.3 Å². The molecule has 2 aromatic rings. The molecule has 1 aliphatic heterocycles. The molecule has 0 saturated carbocycles. The zero-order chi connectivity index (χ0) is 14.8. The number of nitrogens with zero attached hydrogens (tertiary/aromatic N) is 1. The Hall–Kier alpha value is -2.63. The van der Waals surface area contributed by atoms with Crippen LogP contribution in [0.2, 0.25) is 0 Å². The smallest absolute Gasteiger partial charge is 0.269 e. The van der Waals surface area contributed by atoms with Gasteiger partial charge in [0.25, 0.3) is 5.56 Å². The third kappa shape index (κ3) is 2.65. The average Bonchev–Trinajstić information content (AvgIpc) is 2.47. The highest BCUT2D eigenvalue weighted by molar-refractivity contribution is 5.90. The number of carbonyl (C=O) groups excluding carboxylic acids is 1. The lowest BCUT2D eigenvalue weighted by Gasteiger charge is -2.19. The summed E-state index contributed by atoms with van der Waals surface area (Å²) in [5, 5.41) is 12.7. The molecular weight excluding hydrogens is 268 g/mol. The highest BCUT2D eigenvalue weighted by atomic mass is 16.1.